The molecule has 3 heterocycles. The minimum atomic E-state index is -0.791. The summed E-state index contributed by atoms with van der Waals surface area (Å²) >= 11 is 0. The third kappa shape index (κ3) is 3.66. The van der Waals surface area contributed by atoms with Crippen molar-refractivity contribution in [2.75, 3.05) is 13.2 Å². The normalized spacial score (nSPS) is 28.8. The Hall–Kier alpha value is -1.75. The molecule has 1 aliphatic carbocycles. The summed E-state index contributed by atoms with van der Waals surface area (Å²) < 4.78 is 17.2. The summed E-state index contributed by atoms with van der Waals surface area (Å²) in [4.78, 5) is 12.8. The van der Waals surface area contributed by atoms with E-state index in [1.54, 1.807) is 6.07 Å². The zero-order valence-corrected chi connectivity index (χ0v) is 16.4. The van der Waals surface area contributed by atoms with E-state index in [9.17, 15) is 9.90 Å². The Morgan fingerprint density at radius 1 is 1.33 bits per heavy atom. The monoisotopic (exact) mass is 374 g/mol. The molecule has 1 aromatic rings. The molecule has 2 fully saturated rings. The van der Waals surface area contributed by atoms with Crippen LogP contribution in [0.25, 0.3) is 0 Å². The van der Waals surface area contributed by atoms with Gasteiger partial charge in [-0.1, -0.05) is 13.3 Å². The number of allylic oxidation sites excluding steroid dienone is 1. The molecule has 1 N–H and O–H groups in total. The molecule has 1 saturated carbocycles. The van der Waals surface area contributed by atoms with Gasteiger partial charge in [0.1, 0.15) is 22.7 Å². The van der Waals surface area contributed by atoms with Gasteiger partial charge in [0.25, 0.3) is 0 Å². The van der Waals surface area contributed by atoms with E-state index in [0.29, 0.717) is 30.9 Å². The highest BCUT2D eigenvalue weighted by Gasteiger charge is 2.46. The maximum Gasteiger partial charge on any atom is 0.346 e. The smallest absolute Gasteiger partial charge is 0.346 e. The predicted molar refractivity (Wildman–Crippen MR) is 102 cm³/mol. The zero-order chi connectivity index (χ0) is 19.1. The molecule has 0 bridgehead atoms. The van der Waals surface area contributed by atoms with Crippen LogP contribution in [0.1, 0.15) is 70.1 Å². The van der Waals surface area contributed by atoms with Crippen molar-refractivity contribution in [2.24, 2.45) is 11.3 Å². The van der Waals surface area contributed by atoms with E-state index in [4.69, 9.17) is 13.9 Å². The Labute approximate surface area is 160 Å². The second-order valence-corrected chi connectivity index (χ2v) is 8.74. The highest BCUT2D eigenvalue weighted by atomic mass is 16.5. The molecule has 5 heteroatoms. The molecule has 2 aliphatic heterocycles. The number of hydrogen-bond donors (Lipinski definition) is 1. The van der Waals surface area contributed by atoms with Gasteiger partial charge in [-0.25, -0.2) is 4.79 Å². The topological polar surface area (TPSA) is 68.9 Å². The second kappa shape index (κ2) is 7.01. The van der Waals surface area contributed by atoms with Crippen LogP contribution in [0, 0.1) is 11.3 Å². The highest BCUT2D eigenvalue weighted by molar-refractivity contribution is 5.37. The molecule has 1 aromatic heterocycles. The molecule has 148 valence electrons. The highest BCUT2D eigenvalue weighted by Crippen LogP contribution is 2.54. The lowest BCUT2D eigenvalue weighted by atomic mass is 9.86. The first-order chi connectivity index (χ1) is 13.0. The van der Waals surface area contributed by atoms with Crippen molar-refractivity contribution < 1.29 is 19.0 Å². The SMILES string of the molecule is CCCC1(c2c(O)cc(CC3(CC4CCOC4)CC3)oc2=O)CC=C(C)O1. The fraction of sp³-hybridized carbons (Fsp3) is 0.682. The van der Waals surface area contributed by atoms with Gasteiger partial charge in [0, 0.05) is 32.1 Å². The average molecular weight is 374 g/mol. The molecule has 1 saturated heterocycles. The van der Waals surface area contributed by atoms with E-state index in [1.807, 2.05) is 13.0 Å². The van der Waals surface area contributed by atoms with E-state index < -0.39 is 11.2 Å². The molecule has 4 rings (SSSR count). The quantitative estimate of drug-likeness (QED) is 0.765. The Kier molecular flexibility index (Phi) is 4.83. The second-order valence-electron chi connectivity index (χ2n) is 8.74. The van der Waals surface area contributed by atoms with E-state index in [2.05, 4.69) is 6.92 Å². The molecule has 0 amide bonds. The molecule has 2 unspecified atom stereocenters. The lowest BCUT2D eigenvalue weighted by Crippen LogP contribution is -2.32. The number of hydrogen-bond acceptors (Lipinski definition) is 5. The maximum atomic E-state index is 12.8. The van der Waals surface area contributed by atoms with E-state index in [0.717, 1.165) is 51.1 Å². The number of aromatic hydroxyl groups is 1. The van der Waals surface area contributed by atoms with Crippen LogP contribution in [0.5, 0.6) is 5.75 Å². The molecule has 5 nitrogen and oxygen atoms in total. The van der Waals surface area contributed by atoms with Crippen LogP contribution < -0.4 is 5.63 Å². The van der Waals surface area contributed by atoms with Crippen molar-refractivity contribution in [3.63, 3.8) is 0 Å². The molecule has 27 heavy (non-hydrogen) atoms. The standard InChI is InChI=1S/C22H30O5/c1-3-6-22(7-4-15(2)27-22)19-18(23)11-17(26-20(19)24)13-21(8-9-21)12-16-5-10-25-14-16/h4,11,16,23H,3,5-10,12-14H2,1-2H3. The fourth-order valence-corrected chi connectivity index (χ4v) is 4.93. The van der Waals surface area contributed by atoms with E-state index in [1.165, 1.54) is 0 Å². The van der Waals surface area contributed by atoms with Gasteiger partial charge in [-0.15, -0.1) is 0 Å². The summed E-state index contributed by atoms with van der Waals surface area (Å²) in [5, 5.41) is 10.7. The molecular formula is C22H30O5. The lowest BCUT2D eigenvalue weighted by molar-refractivity contribution is 0.00890. The van der Waals surface area contributed by atoms with Crippen LogP contribution >= 0.6 is 0 Å². The summed E-state index contributed by atoms with van der Waals surface area (Å²) in [5.74, 6) is 2.01. The van der Waals surface area contributed by atoms with Crippen molar-refractivity contribution in [1.29, 1.82) is 0 Å². The van der Waals surface area contributed by atoms with Crippen molar-refractivity contribution in [1.82, 2.24) is 0 Å². The Balaban J connectivity index is 1.56. The van der Waals surface area contributed by atoms with Gasteiger partial charge in [0.05, 0.1) is 5.76 Å². The average Bonchev–Trinajstić information content (AvgIpc) is 2.99. The summed E-state index contributed by atoms with van der Waals surface area (Å²) in [6.45, 7) is 5.64. The summed E-state index contributed by atoms with van der Waals surface area (Å²) in [6, 6.07) is 1.65. The first-order valence-corrected chi connectivity index (χ1v) is 10.3. The van der Waals surface area contributed by atoms with Crippen LogP contribution in [-0.4, -0.2) is 18.3 Å². The summed E-state index contributed by atoms with van der Waals surface area (Å²) in [7, 11) is 0. The van der Waals surface area contributed by atoms with Gasteiger partial charge in [0.15, 0.2) is 0 Å². The predicted octanol–water partition coefficient (Wildman–Crippen LogP) is 4.41. The number of ether oxygens (including phenoxy) is 2. The minimum absolute atomic E-state index is 0.0119. The number of rotatable bonds is 7. The third-order valence-corrected chi connectivity index (χ3v) is 6.42. The van der Waals surface area contributed by atoms with Gasteiger partial charge in [-0.2, -0.15) is 0 Å². The summed E-state index contributed by atoms with van der Waals surface area (Å²) in [6.07, 6.45) is 9.36. The molecular weight excluding hydrogens is 344 g/mol. The van der Waals surface area contributed by atoms with Crippen LogP contribution in [0.3, 0.4) is 0 Å². The maximum absolute atomic E-state index is 12.8. The van der Waals surface area contributed by atoms with Gasteiger partial charge in [0.2, 0.25) is 0 Å². The van der Waals surface area contributed by atoms with Crippen molar-refractivity contribution in [3.8, 4) is 5.75 Å². The van der Waals surface area contributed by atoms with Crippen LogP contribution in [0.2, 0.25) is 0 Å². The zero-order valence-electron chi connectivity index (χ0n) is 16.4. The molecule has 0 radical (unpaired) electrons. The molecule has 0 spiro atoms. The lowest BCUT2D eigenvalue weighted by Gasteiger charge is -2.29. The Bertz CT molecular complexity index is 782. The molecule has 0 aromatic carbocycles. The van der Waals surface area contributed by atoms with Gasteiger partial charge >= 0.3 is 5.63 Å². The van der Waals surface area contributed by atoms with Crippen LogP contribution in [-0.2, 0) is 21.5 Å². The van der Waals surface area contributed by atoms with Gasteiger partial charge < -0.3 is 19.0 Å². The fourth-order valence-electron chi connectivity index (χ4n) is 4.93. The Morgan fingerprint density at radius 2 is 2.15 bits per heavy atom. The van der Waals surface area contributed by atoms with Crippen LogP contribution in [0.4, 0.5) is 0 Å². The third-order valence-electron chi connectivity index (χ3n) is 6.42. The van der Waals surface area contributed by atoms with E-state index in [-0.39, 0.29) is 16.7 Å². The molecule has 3 aliphatic rings. The van der Waals surface area contributed by atoms with Gasteiger partial charge in [-0.05, 0) is 56.4 Å². The van der Waals surface area contributed by atoms with Crippen molar-refractivity contribution >= 4 is 0 Å². The Morgan fingerprint density at radius 3 is 2.70 bits per heavy atom. The first kappa shape index (κ1) is 18.6. The van der Waals surface area contributed by atoms with Crippen molar-refractivity contribution in [3.05, 3.63) is 39.6 Å². The van der Waals surface area contributed by atoms with E-state index >= 15 is 0 Å². The minimum Gasteiger partial charge on any atom is -0.507 e. The largest absolute Gasteiger partial charge is 0.507 e. The van der Waals surface area contributed by atoms with Crippen molar-refractivity contribution in [2.45, 2.75) is 70.8 Å². The molecule has 2 atom stereocenters. The first-order valence-electron chi connectivity index (χ1n) is 10.3. The van der Waals surface area contributed by atoms with Gasteiger partial charge in [-0.3, -0.25) is 0 Å². The summed E-state index contributed by atoms with van der Waals surface area (Å²) in [5.41, 5.74) is -0.761. The van der Waals surface area contributed by atoms with Crippen LogP contribution in [0.15, 0.2) is 27.1 Å².